The van der Waals surface area contributed by atoms with Gasteiger partial charge in [-0.2, -0.15) is 0 Å². The number of carbonyl (C=O) groups is 5. The number of aromatic carboxylic acids is 1. The number of fused-ring (bicyclic) bond motifs is 2. The molecule has 1 saturated heterocycles. The fraction of sp³-hybridized carbons (Fsp3) is 0.312. The molecule has 17 nitrogen and oxygen atoms in total. The summed E-state index contributed by atoms with van der Waals surface area (Å²) in [5.74, 6) is -1.45. The van der Waals surface area contributed by atoms with Gasteiger partial charge in [-0.3, -0.25) is 24.5 Å². The van der Waals surface area contributed by atoms with Crippen LogP contribution in [0.2, 0.25) is 0 Å². The highest BCUT2D eigenvalue weighted by atomic mass is 32.1. The molecule has 8 aromatic rings. The van der Waals surface area contributed by atoms with Crippen molar-refractivity contribution >= 4 is 73.4 Å². The first-order chi connectivity index (χ1) is 39.6. The highest BCUT2D eigenvalue weighted by molar-refractivity contribution is 7.22. The van der Waals surface area contributed by atoms with Crippen molar-refractivity contribution in [3.63, 3.8) is 0 Å². The number of aliphatic hydroxyl groups is 2. The maximum absolute atomic E-state index is 14.4. The van der Waals surface area contributed by atoms with Crippen LogP contribution >= 0.6 is 22.7 Å². The molecule has 2 aliphatic heterocycles. The van der Waals surface area contributed by atoms with E-state index in [0.29, 0.717) is 69.8 Å². The summed E-state index contributed by atoms with van der Waals surface area (Å²) in [6.07, 6.45) is -0.372. The number of carboxylic acid groups (broad SMARTS) is 1. The molecule has 428 valence electrons. The molecular weight excluding hydrogens is 1090 g/mol. The third-order valence-corrected chi connectivity index (χ3v) is 17.5. The van der Waals surface area contributed by atoms with E-state index in [0.717, 1.165) is 43.0 Å². The topological polar surface area (TPSA) is 237 Å². The Morgan fingerprint density at radius 2 is 1.59 bits per heavy atom. The van der Waals surface area contributed by atoms with Crippen molar-refractivity contribution in [3.8, 4) is 33.1 Å². The summed E-state index contributed by atoms with van der Waals surface area (Å²) in [5, 5.41) is 42.5. The number of aromatic nitrogens is 3. The number of nitrogens with zero attached hydrogens (tertiary/aromatic N) is 5. The molecule has 0 bridgehead atoms. The number of likely N-dealkylation sites (tertiary alicyclic amines) is 1. The fourth-order valence-electron chi connectivity index (χ4n) is 10.9. The maximum atomic E-state index is 14.4. The van der Waals surface area contributed by atoms with Crippen molar-refractivity contribution in [1.29, 1.82) is 0 Å². The van der Waals surface area contributed by atoms with Crippen LogP contribution in [0, 0.1) is 19.3 Å². The van der Waals surface area contributed by atoms with Gasteiger partial charge in [0.1, 0.15) is 29.4 Å². The predicted molar refractivity (Wildman–Crippen MR) is 322 cm³/mol. The number of nitrogens with one attached hydrogen (secondary N) is 3. The largest absolute Gasteiger partial charge is 0.476 e. The molecule has 0 radical (unpaired) electrons. The molecule has 0 spiro atoms. The van der Waals surface area contributed by atoms with Crippen LogP contribution in [-0.2, 0) is 33.0 Å². The lowest BCUT2D eigenvalue weighted by Crippen LogP contribution is -2.57. The summed E-state index contributed by atoms with van der Waals surface area (Å²) in [5.41, 5.74) is 7.67. The Labute approximate surface area is 489 Å². The number of hydrogen-bond donors (Lipinski definition) is 6. The number of ether oxygens (including phenoxy) is 1. The molecule has 3 aromatic heterocycles. The second-order valence-electron chi connectivity index (χ2n) is 22.6. The number of carboxylic acids is 1. The summed E-state index contributed by atoms with van der Waals surface area (Å²) >= 11 is 2.96. The average Bonchev–Trinajstić information content (AvgIpc) is 4.35. The quantitative estimate of drug-likeness (QED) is 0.0498. The van der Waals surface area contributed by atoms with Gasteiger partial charge < -0.3 is 40.5 Å². The normalized spacial score (nSPS) is 16.6. The van der Waals surface area contributed by atoms with Crippen molar-refractivity contribution in [2.75, 3.05) is 23.3 Å². The van der Waals surface area contributed by atoms with Gasteiger partial charge in [0.15, 0.2) is 10.8 Å². The minimum absolute atomic E-state index is 0.00910. The Hall–Kier alpha value is -8.36. The van der Waals surface area contributed by atoms with E-state index >= 15 is 0 Å². The summed E-state index contributed by atoms with van der Waals surface area (Å²) in [7, 11) is 0. The molecule has 2 aliphatic rings. The second kappa shape index (κ2) is 23.9. The van der Waals surface area contributed by atoms with Gasteiger partial charge in [-0.1, -0.05) is 105 Å². The number of para-hydroxylation sites is 1. The molecule has 0 saturated carbocycles. The number of benzene rings is 5. The Morgan fingerprint density at radius 1 is 0.843 bits per heavy atom. The number of amides is 4. The monoisotopic (exact) mass is 1150 g/mol. The maximum Gasteiger partial charge on any atom is 0.355 e. The fourth-order valence-corrected chi connectivity index (χ4v) is 12.5. The Morgan fingerprint density at radius 3 is 2.30 bits per heavy atom. The first-order valence-electron chi connectivity index (χ1n) is 27.6. The third kappa shape index (κ3) is 12.7. The summed E-state index contributed by atoms with van der Waals surface area (Å²) in [6, 6.07) is 34.6. The first-order valence-corrected chi connectivity index (χ1v) is 29.3. The Balaban J connectivity index is 0.758. The van der Waals surface area contributed by atoms with E-state index in [1.807, 2.05) is 113 Å². The standard InChI is InChI=1S/C64H66N8O9S2/c1-36-45(46-26-27-53(68-55(46)61(78)79)71-31-29-40-12-10-14-47(48(40)34-71)58(75)70-62-67-49-15-8-9-17-52(49)83-62)13-11-16-51(36)81-44-24-22-42(23-25-44)64(7,80)30-28-54(74)69-57(63(4,5)6)60(77)72-33-43(73)32-50(72)59(76)66-37(2)39-18-20-41(21-19-39)56-38(3)65-35-82-56/h8-27,35,37,43,50,57,73,80H,28-34H2,1-7H3,(H,66,76)(H,69,74)(H,78,79)(H,67,70,75)/t37-,43+,50-,57+,64-/m0/s1. The molecule has 1 fully saturated rings. The third-order valence-electron chi connectivity index (χ3n) is 15.6. The Kier molecular flexibility index (Phi) is 16.6. The van der Waals surface area contributed by atoms with Gasteiger partial charge >= 0.3 is 5.97 Å². The van der Waals surface area contributed by atoms with Crippen LogP contribution in [0.4, 0.5) is 10.9 Å². The zero-order valence-electron chi connectivity index (χ0n) is 47.2. The molecule has 0 unspecified atom stereocenters. The lowest BCUT2D eigenvalue weighted by atomic mass is 9.85. The highest BCUT2D eigenvalue weighted by Gasteiger charge is 2.45. The Bertz CT molecular complexity index is 3730. The molecule has 19 heteroatoms. The number of thiazole rings is 2. The number of pyridine rings is 1. The van der Waals surface area contributed by atoms with Crippen molar-refractivity contribution < 1.29 is 44.0 Å². The molecular formula is C64H66N8O9S2. The summed E-state index contributed by atoms with van der Waals surface area (Å²) in [6.45, 7) is 13.6. The number of rotatable bonds is 17. The average molecular weight is 1160 g/mol. The van der Waals surface area contributed by atoms with Gasteiger partial charge in [0.2, 0.25) is 17.7 Å². The highest BCUT2D eigenvalue weighted by Crippen LogP contribution is 2.38. The van der Waals surface area contributed by atoms with Crippen LogP contribution in [0.25, 0.3) is 31.8 Å². The number of carbonyl (C=O) groups excluding carboxylic acids is 4. The SMILES string of the molecule is Cc1ncsc1-c1ccc([C@H](C)NC(=O)[C@@H]2C[C@@H](O)CN2C(=O)[C@@H](NC(=O)CC[C@](C)(O)c2ccc(Oc3cccc(-c4ccc(N5CCc6cccc(C(=O)Nc7nc8ccccc8s7)c6C5)nc4C(=O)O)c3C)cc2)C(C)(C)C)cc1. The van der Waals surface area contributed by atoms with Gasteiger partial charge in [-0.25, -0.2) is 19.7 Å². The van der Waals surface area contributed by atoms with Crippen LogP contribution in [0.5, 0.6) is 11.5 Å². The van der Waals surface area contributed by atoms with Crippen LogP contribution < -0.4 is 25.6 Å². The number of aliphatic hydroxyl groups excluding tert-OH is 1. The molecule has 5 atom stereocenters. The van der Waals surface area contributed by atoms with E-state index in [2.05, 4.69) is 25.9 Å². The molecule has 0 aliphatic carbocycles. The van der Waals surface area contributed by atoms with Crippen molar-refractivity contribution in [1.82, 2.24) is 30.5 Å². The van der Waals surface area contributed by atoms with Crippen molar-refractivity contribution in [2.24, 2.45) is 5.41 Å². The lowest BCUT2D eigenvalue weighted by molar-refractivity contribution is -0.144. The van der Waals surface area contributed by atoms with E-state index < -0.39 is 58.9 Å². The molecule has 10 rings (SSSR count). The second-order valence-corrected chi connectivity index (χ2v) is 24.5. The zero-order chi connectivity index (χ0) is 58.9. The predicted octanol–water partition coefficient (Wildman–Crippen LogP) is 10.8. The van der Waals surface area contributed by atoms with Gasteiger partial charge in [0.05, 0.1) is 44.0 Å². The van der Waals surface area contributed by atoms with E-state index in [1.54, 1.807) is 78.4 Å². The van der Waals surface area contributed by atoms with E-state index in [1.165, 1.54) is 16.2 Å². The van der Waals surface area contributed by atoms with E-state index in [9.17, 15) is 39.3 Å². The molecule has 5 aromatic carbocycles. The zero-order valence-corrected chi connectivity index (χ0v) is 48.9. The van der Waals surface area contributed by atoms with Crippen LogP contribution in [0.15, 0.2) is 127 Å². The number of hydrogen-bond acceptors (Lipinski definition) is 14. The van der Waals surface area contributed by atoms with Crippen LogP contribution in [-0.4, -0.2) is 96.0 Å². The van der Waals surface area contributed by atoms with E-state index in [4.69, 9.17) is 9.72 Å². The number of aryl methyl sites for hydroxylation is 1. The lowest BCUT2D eigenvalue weighted by Gasteiger charge is -2.35. The summed E-state index contributed by atoms with van der Waals surface area (Å²) < 4.78 is 7.33. The van der Waals surface area contributed by atoms with Gasteiger partial charge in [0.25, 0.3) is 5.91 Å². The first kappa shape index (κ1) is 57.9. The minimum Gasteiger partial charge on any atom is -0.476 e. The van der Waals surface area contributed by atoms with Crippen LogP contribution in [0.1, 0.15) is 114 Å². The van der Waals surface area contributed by atoms with Gasteiger partial charge in [-0.15, -0.1) is 11.3 Å². The van der Waals surface area contributed by atoms with Crippen LogP contribution in [0.3, 0.4) is 0 Å². The molecule has 6 N–H and O–H groups in total. The molecule has 5 heterocycles. The van der Waals surface area contributed by atoms with Crippen molar-refractivity contribution in [2.45, 2.75) is 111 Å². The summed E-state index contributed by atoms with van der Waals surface area (Å²) in [4.78, 5) is 86.6. The van der Waals surface area contributed by atoms with Gasteiger partial charge in [-0.05, 0) is 133 Å². The smallest absolute Gasteiger partial charge is 0.355 e. The van der Waals surface area contributed by atoms with Gasteiger partial charge in [0, 0.05) is 43.6 Å². The molecule has 83 heavy (non-hydrogen) atoms. The number of β-amino-alcohol motifs (C(OH)–C–C–N with tert-alkyl or cyclic N) is 1. The minimum atomic E-state index is -1.47. The van der Waals surface area contributed by atoms with E-state index in [-0.39, 0.29) is 37.4 Å². The molecule has 4 amide bonds. The number of anilines is 2. The van der Waals surface area contributed by atoms with Crippen molar-refractivity contribution in [3.05, 3.63) is 172 Å².